The van der Waals surface area contributed by atoms with Crippen LogP contribution >= 0.6 is 0 Å². The summed E-state index contributed by atoms with van der Waals surface area (Å²) in [5.41, 5.74) is -1.28. The monoisotopic (exact) mass is 415 g/mol. The summed E-state index contributed by atoms with van der Waals surface area (Å²) >= 11 is 0. The zero-order valence-corrected chi connectivity index (χ0v) is 16.4. The summed E-state index contributed by atoms with van der Waals surface area (Å²) in [7, 11) is 0. The van der Waals surface area contributed by atoms with Crippen molar-refractivity contribution >= 4 is 5.69 Å². The Morgan fingerprint density at radius 2 is 2.33 bits per heavy atom. The van der Waals surface area contributed by atoms with E-state index in [1.54, 1.807) is 0 Å². The minimum Gasteiger partial charge on any atom is -0.502 e. The van der Waals surface area contributed by atoms with Crippen LogP contribution in [0.5, 0.6) is 5.75 Å². The average molecular weight is 416 g/mol. The van der Waals surface area contributed by atoms with Crippen molar-refractivity contribution in [1.82, 2.24) is 15.5 Å². The highest BCUT2D eigenvalue weighted by Gasteiger charge is 2.26. The number of ether oxygens (including phenoxy) is 1. The quantitative estimate of drug-likeness (QED) is 0.499. The van der Waals surface area contributed by atoms with Gasteiger partial charge in [-0.1, -0.05) is 30.2 Å². The third kappa shape index (κ3) is 3.94. The van der Waals surface area contributed by atoms with Gasteiger partial charge in [-0.15, -0.1) is 0 Å². The lowest BCUT2D eigenvalue weighted by Gasteiger charge is -2.13. The van der Waals surface area contributed by atoms with E-state index in [1.807, 2.05) is 0 Å². The van der Waals surface area contributed by atoms with Crippen molar-refractivity contribution in [2.45, 2.75) is 52.1 Å². The van der Waals surface area contributed by atoms with Gasteiger partial charge in [0.05, 0.1) is 20.9 Å². The van der Waals surface area contributed by atoms with Gasteiger partial charge in [0.1, 0.15) is 5.75 Å². The number of hydrogen-bond acceptors (Lipinski definition) is 5. The standard InChI is InChI=1S/C24H26N4O2/c1-5-13-26-20-11-10-17-18(20)7-6-8-19(17)23-27-24(30-28-23)16-9-12-22(29-15(2)3)21(14-16)25-4/h6-9,12,14-15,20,26H,5,10-11,13H2,1-3H3/t20-/m0/s1/i5D2,6D,7D,8D,9D,11D2,12D,13D2,14D,15D. The van der Waals surface area contributed by atoms with E-state index in [2.05, 4.69) is 20.3 Å². The highest BCUT2D eigenvalue weighted by Crippen LogP contribution is 2.38. The van der Waals surface area contributed by atoms with Gasteiger partial charge in [-0.3, -0.25) is 0 Å². The van der Waals surface area contributed by atoms with Crippen LogP contribution in [-0.4, -0.2) is 22.7 Å². The molecule has 1 heterocycles. The zero-order valence-electron chi connectivity index (χ0n) is 29.4. The van der Waals surface area contributed by atoms with Gasteiger partial charge >= 0.3 is 0 Å². The van der Waals surface area contributed by atoms with Crippen molar-refractivity contribution in [3.05, 3.63) is 58.8 Å². The lowest BCUT2D eigenvalue weighted by Crippen LogP contribution is -2.19. The van der Waals surface area contributed by atoms with Gasteiger partial charge in [0.25, 0.3) is 5.89 Å². The molecule has 0 saturated carbocycles. The molecule has 0 aliphatic heterocycles. The largest absolute Gasteiger partial charge is 0.502 e. The van der Waals surface area contributed by atoms with Crippen LogP contribution in [-0.2, 0) is 6.42 Å². The van der Waals surface area contributed by atoms with Crippen LogP contribution in [0, 0.1) is 6.57 Å². The molecule has 0 spiro atoms. The molecular weight excluding hydrogens is 376 g/mol. The van der Waals surface area contributed by atoms with Crippen LogP contribution in [0.15, 0.2) is 40.8 Å². The van der Waals surface area contributed by atoms with Crippen molar-refractivity contribution in [3.63, 3.8) is 0 Å². The molecule has 0 fully saturated rings. The van der Waals surface area contributed by atoms with E-state index in [0.717, 1.165) is 6.92 Å². The summed E-state index contributed by atoms with van der Waals surface area (Å²) in [6.45, 7) is 8.42. The highest BCUT2D eigenvalue weighted by atomic mass is 16.5. The highest BCUT2D eigenvalue weighted by molar-refractivity contribution is 5.70. The lowest BCUT2D eigenvalue weighted by molar-refractivity contribution is 0.244. The Morgan fingerprint density at radius 1 is 1.47 bits per heavy atom. The summed E-state index contributed by atoms with van der Waals surface area (Å²) in [5, 5.41) is 6.14. The minimum atomic E-state index is -2.75. The summed E-state index contributed by atoms with van der Waals surface area (Å²) < 4.78 is 118. The van der Waals surface area contributed by atoms with Crippen molar-refractivity contribution < 1.29 is 27.1 Å². The number of fused-ring (bicyclic) bond motifs is 1. The van der Waals surface area contributed by atoms with E-state index in [-0.39, 0.29) is 22.5 Å². The molecular formula is C24H26N4O2. The van der Waals surface area contributed by atoms with Crippen LogP contribution in [0.3, 0.4) is 0 Å². The Bertz CT molecular complexity index is 1670. The van der Waals surface area contributed by atoms with Gasteiger partial charge in [0, 0.05) is 26.8 Å². The number of benzene rings is 2. The van der Waals surface area contributed by atoms with Crippen LogP contribution in [0.4, 0.5) is 5.69 Å². The molecule has 0 saturated heterocycles. The molecule has 0 amide bonds. The normalized spacial score (nSPS) is 24.5. The van der Waals surface area contributed by atoms with Crippen LogP contribution in [0.25, 0.3) is 27.7 Å². The van der Waals surface area contributed by atoms with Crippen molar-refractivity contribution in [3.8, 4) is 28.6 Å². The van der Waals surface area contributed by atoms with Gasteiger partial charge in [-0.05, 0) is 68.8 Å². The predicted octanol–water partition coefficient (Wildman–Crippen LogP) is 5.73. The van der Waals surface area contributed by atoms with Crippen molar-refractivity contribution in [2.75, 3.05) is 6.50 Å². The number of rotatable bonds is 7. The number of aromatic nitrogens is 2. The van der Waals surface area contributed by atoms with Crippen LogP contribution in [0.2, 0.25) is 0 Å². The fourth-order valence-corrected chi connectivity index (χ4v) is 2.92. The number of hydrogen-bond donors (Lipinski definition) is 1. The van der Waals surface area contributed by atoms with Gasteiger partial charge in [-0.25, -0.2) is 4.85 Å². The van der Waals surface area contributed by atoms with E-state index in [0.29, 0.717) is 0 Å². The second-order valence-corrected chi connectivity index (χ2v) is 6.45. The third-order valence-corrected chi connectivity index (χ3v) is 4.17. The molecule has 2 aromatic carbocycles. The maximum atomic E-state index is 8.58. The molecule has 1 aromatic heterocycles. The Hall–Kier alpha value is -3.17. The molecule has 0 bridgehead atoms. The van der Waals surface area contributed by atoms with Crippen molar-refractivity contribution in [2.24, 2.45) is 0 Å². The molecule has 0 unspecified atom stereocenters. The molecule has 6 nitrogen and oxygen atoms in total. The molecule has 1 aliphatic rings. The first-order chi connectivity index (χ1) is 19.5. The van der Waals surface area contributed by atoms with E-state index < -0.39 is 96.9 Å². The first-order valence-electron chi connectivity index (χ1n) is 15.5. The Labute approximate surface area is 195 Å². The predicted molar refractivity (Wildman–Crippen MR) is 117 cm³/mol. The van der Waals surface area contributed by atoms with Gasteiger partial charge < -0.3 is 14.6 Å². The average Bonchev–Trinajstić information content (AvgIpc) is 3.42. The third-order valence-electron chi connectivity index (χ3n) is 4.17. The minimum absolute atomic E-state index is 0.00467. The van der Waals surface area contributed by atoms with E-state index in [4.69, 9.17) is 33.7 Å². The number of nitrogens with zero attached hydrogens (tertiary/aromatic N) is 3. The van der Waals surface area contributed by atoms with Crippen LogP contribution in [0.1, 0.15) is 68.5 Å². The second-order valence-electron chi connectivity index (χ2n) is 6.45. The topological polar surface area (TPSA) is 64.5 Å². The molecule has 3 aromatic rings. The molecule has 0 radical (unpaired) electrons. The molecule has 1 atom stereocenters. The Balaban J connectivity index is 1.92. The number of nitrogens with one attached hydrogen (secondary N) is 1. The Kier molecular flexibility index (Phi) is 2.82. The first kappa shape index (κ1) is 9.76. The van der Waals surface area contributed by atoms with Crippen LogP contribution < -0.4 is 10.1 Å². The summed E-state index contributed by atoms with van der Waals surface area (Å²) in [4.78, 5) is 7.41. The fourth-order valence-electron chi connectivity index (χ4n) is 2.92. The summed E-state index contributed by atoms with van der Waals surface area (Å²) in [5.74, 6) is -1.32. The van der Waals surface area contributed by atoms with Gasteiger partial charge in [0.15, 0.2) is 0 Å². The summed E-state index contributed by atoms with van der Waals surface area (Å²) in [6.07, 6.45) is -6.83. The van der Waals surface area contributed by atoms with Gasteiger partial charge in [-0.2, -0.15) is 4.98 Å². The Morgan fingerprint density at radius 3 is 3.10 bits per heavy atom. The molecule has 30 heavy (non-hydrogen) atoms. The molecule has 1 N–H and O–H groups in total. The van der Waals surface area contributed by atoms with E-state index in [9.17, 15) is 0 Å². The SMILES string of the molecule is [2H]c1c([2H])c(-c2noc(-c3c([2H])c([2H])c(OC([2H])(C)C)c([N+]#[C-])c3[2H])n2)c2c(c1[2H])[C@@H](NC([2H])([2H])C([2H])([2H])C)C([2H])([2H])C2. The lowest BCUT2D eigenvalue weighted by atomic mass is 10.0. The van der Waals surface area contributed by atoms with E-state index in [1.165, 1.54) is 13.8 Å². The second kappa shape index (κ2) is 8.68. The zero-order chi connectivity index (χ0) is 32.6. The molecule has 4 rings (SSSR count). The fraction of sp³-hybridized carbons (Fsp3) is 0.375. The van der Waals surface area contributed by atoms with Gasteiger partial charge in [0.2, 0.25) is 11.5 Å². The molecule has 154 valence electrons. The maximum Gasteiger partial charge on any atom is 0.256 e. The molecule has 6 heteroatoms. The maximum absolute atomic E-state index is 8.58. The smallest absolute Gasteiger partial charge is 0.256 e. The molecule has 1 aliphatic carbocycles. The summed E-state index contributed by atoms with van der Waals surface area (Å²) in [6, 6.07) is -5.20. The first-order valence-corrected chi connectivity index (χ1v) is 8.99. The van der Waals surface area contributed by atoms with Crippen molar-refractivity contribution in [1.29, 1.82) is 0 Å². The van der Waals surface area contributed by atoms with E-state index >= 15 is 0 Å².